The SMILES string of the molecule is Cc1cc(C)cc(NC(=S)NC[C@H](c2ccccc2Cl)N(C)C)c1. The van der Waals surface area contributed by atoms with Gasteiger partial charge in [-0.15, -0.1) is 0 Å². The van der Waals surface area contributed by atoms with Gasteiger partial charge >= 0.3 is 0 Å². The molecule has 0 saturated heterocycles. The number of likely N-dealkylation sites (N-methyl/N-ethyl adjacent to an activating group) is 1. The molecule has 2 rings (SSSR count). The van der Waals surface area contributed by atoms with Gasteiger partial charge in [0, 0.05) is 17.3 Å². The van der Waals surface area contributed by atoms with E-state index in [0.717, 1.165) is 16.3 Å². The number of hydrogen-bond donors (Lipinski definition) is 2. The Hall–Kier alpha value is -1.62. The van der Waals surface area contributed by atoms with E-state index in [4.69, 9.17) is 23.8 Å². The number of nitrogens with zero attached hydrogens (tertiary/aromatic N) is 1. The van der Waals surface area contributed by atoms with Gasteiger partial charge in [0.05, 0.1) is 6.04 Å². The number of halogens is 1. The summed E-state index contributed by atoms with van der Waals surface area (Å²) in [7, 11) is 4.08. The second-order valence-corrected chi connectivity index (χ2v) is 7.03. The first-order valence-electron chi connectivity index (χ1n) is 7.91. The molecular weight excluding hydrogens is 338 g/mol. The van der Waals surface area contributed by atoms with Crippen LogP contribution >= 0.6 is 23.8 Å². The van der Waals surface area contributed by atoms with Gasteiger partial charge in [0.25, 0.3) is 0 Å². The van der Waals surface area contributed by atoms with Gasteiger partial charge in [-0.1, -0.05) is 35.9 Å². The van der Waals surface area contributed by atoms with E-state index in [1.807, 2.05) is 32.3 Å². The number of aryl methyl sites for hydroxylation is 2. The molecule has 1 atom stereocenters. The highest BCUT2D eigenvalue weighted by atomic mass is 35.5. The molecule has 0 spiro atoms. The van der Waals surface area contributed by atoms with Gasteiger partial charge in [-0.25, -0.2) is 0 Å². The van der Waals surface area contributed by atoms with Crippen LogP contribution in [0.2, 0.25) is 5.02 Å². The number of nitrogens with one attached hydrogen (secondary N) is 2. The summed E-state index contributed by atoms with van der Waals surface area (Å²) in [5.41, 5.74) is 4.51. The minimum atomic E-state index is 0.137. The van der Waals surface area contributed by atoms with E-state index in [0.29, 0.717) is 11.7 Å². The largest absolute Gasteiger partial charge is 0.361 e. The molecule has 24 heavy (non-hydrogen) atoms. The summed E-state index contributed by atoms with van der Waals surface area (Å²) in [5, 5.41) is 7.93. The Bertz CT molecular complexity index is 695. The summed E-state index contributed by atoms with van der Waals surface area (Å²) in [4.78, 5) is 2.13. The molecule has 0 amide bonds. The van der Waals surface area contributed by atoms with Crippen LogP contribution in [0.15, 0.2) is 42.5 Å². The highest BCUT2D eigenvalue weighted by molar-refractivity contribution is 7.80. The van der Waals surface area contributed by atoms with Crippen LogP contribution in [-0.2, 0) is 0 Å². The van der Waals surface area contributed by atoms with Crippen LogP contribution in [0.1, 0.15) is 22.7 Å². The van der Waals surface area contributed by atoms with Crippen molar-refractivity contribution in [3.05, 3.63) is 64.2 Å². The molecule has 0 aliphatic heterocycles. The van der Waals surface area contributed by atoms with Gasteiger partial charge in [0.2, 0.25) is 0 Å². The van der Waals surface area contributed by atoms with E-state index in [1.54, 1.807) is 0 Å². The van der Waals surface area contributed by atoms with E-state index < -0.39 is 0 Å². The summed E-state index contributed by atoms with van der Waals surface area (Å²) in [6.07, 6.45) is 0. The Morgan fingerprint density at radius 3 is 2.33 bits per heavy atom. The molecule has 0 saturated carbocycles. The van der Waals surface area contributed by atoms with Gasteiger partial charge in [-0.05, 0) is 75.1 Å². The first-order chi connectivity index (χ1) is 11.4. The maximum Gasteiger partial charge on any atom is 0.170 e. The van der Waals surface area contributed by atoms with Crippen LogP contribution in [-0.4, -0.2) is 30.7 Å². The van der Waals surface area contributed by atoms with Crippen LogP contribution in [0.25, 0.3) is 0 Å². The van der Waals surface area contributed by atoms with Crippen molar-refractivity contribution in [2.24, 2.45) is 0 Å². The molecule has 0 aromatic heterocycles. The second kappa shape index (κ2) is 8.47. The van der Waals surface area contributed by atoms with E-state index in [2.05, 4.69) is 53.6 Å². The van der Waals surface area contributed by atoms with Crippen molar-refractivity contribution in [2.45, 2.75) is 19.9 Å². The van der Waals surface area contributed by atoms with Gasteiger partial charge in [-0.2, -0.15) is 0 Å². The molecule has 2 aromatic rings. The summed E-state index contributed by atoms with van der Waals surface area (Å²) < 4.78 is 0. The van der Waals surface area contributed by atoms with Crippen LogP contribution in [0.5, 0.6) is 0 Å². The van der Waals surface area contributed by atoms with Gasteiger partial charge in [0.1, 0.15) is 0 Å². The van der Waals surface area contributed by atoms with Crippen molar-refractivity contribution < 1.29 is 0 Å². The highest BCUT2D eigenvalue weighted by Crippen LogP contribution is 2.25. The fourth-order valence-electron chi connectivity index (χ4n) is 2.73. The molecule has 0 aliphatic carbocycles. The molecular formula is C19H24ClN3S. The lowest BCUT2D eigenvalue weighted by Gasteiger charge is -2.26. The monoisotopic (exact) mass is 361 g/mol. The number of anilines is 1. The van der Waals surface area contributed by atoms with Crippen LogP contribution in [0.3, 0.4) is 0 Å². The predicted octanol–water partition coefficient (Wildman–Crippen LogP) is 4.55. The van der Waals surface area contributed by atoms with Crippen molar-refractivity contribution in [3.8, 4) is 0 Å². The minimum absolute atomic E-state index is 0.137. The molecule has 0 unspecified atom stereocenters. The molecule has 2 aromatic carbocycles. The number of hydrogen-bond acceptors (Lipinski definition) is 2. The Balaban J connectivity index is 2.01. The zero-order valence-electron chi connectivity index (χ0n) is 14.6. The number of thiocarbonyl (C=S) groups is 1. The minimum Gasteiger partial charge on any atom is -0.361 e. The van der Waals surface area contributed by atoms with E-state index >= 15 is 0 Å². The predicted molar refractivity (Wildman–Crippen MR) is 108 cm³/mol. The maximum absolute atomic E-state index is 6.34. The van der Waals surface area contributed by atoms with Crippen molar-refractivity contribution in [2.75, 3.05) is 26.0 Å². The van der Waals surface area contributed by atoms with Gasteiger partial charge in [-0.3, -0.25) is 0 Å². The summed E-state index contributed by atoms with van der Waals surface area (Å²) >= 11 is 11.8. The third-order valence-corrected chi connectivity index (χ3v) is 4.41. The topological polar surface area (TPSA) is 27.3 Å². The van der Waals surface area contributed by atoms with Crippen molar-refractivity contribution >= 4 is 34.6 Å². The van der Waals surface area contributed by atoms with E-state index in [1.165, 1.54) is 11.1 Å². The van der Waals surface area contributed by atoms with Crippen molar-refractivity contribution in [3.63, 3.8) is 0 Å². The Morgan fingerprint density at radius 1 is 1.12 bits per heavy atom. The number of benzene rings is 2. The average Bonchev–Trinajstić information content (AvgIpc) is 2.47. The Morgan fingerprint density at radius 2 is 1.75 bits per heavy atom. The lowest BCUT2D eigenvalue weighted by Crippen LogP contribution is -2.36. The standard InChI is InChI=1S/C19H24ClN3S/c1-13-9-14(2)11-15(10-13)22-19(24)21-12-18(23(3)4)16-7-5-6-8-17(16)20/h5-11,18H,12H2,1-4H3,(H2,21,22,24)/t18-/m1/s1. The zero-order chi connectivity index (χ0) is 17.7. The third-order valence-electron chi connectivity index (χ3n) is 3.82. The first kappa shape index (κ1) is 18.7. The van der Waals surface area contributed by atoms with Crippen molar-refractivity contribution in [1.82, 2.24) is 10.2 Å². The molecule has 0 heterocycles. The van der Waals surface area contributed by atoms with Gasteiger partial charge < -0.3 is 15.5 Å². The van der Waals surface area contributed by atoms with Gasteiger partial charge in [0.15, 0.2) is 5.11 Å². The zero-order valence-corrected chi connectivity index (χ0v) is 16.1. The second-order valence-electron chi connectivity index (χ2n) is 6.21. The molecule has 128 valence electrons. The average molecular weight is 362 g/mol. The lowest BCUT2D eigenvalue weighted by atomic mass is 10.1. The Labute approximate surface area is 155 Å². The normalized spacial score (nSPS) is 12.1. The summed E-state index contributed by atoms with van der Waals surface area (Å²) in [6, 6.07) is 14.4. The third kappa shape index (κ3) is 5.20. The molecule has 3 nitrogen and oxygen atoms in total. The Kier molecular flexibility index (Phi) is 6.60. The lowest BCUT2D eigenvalue weighted by molar-refractivity contribution is 0.299. The quantitative estimate of drug-likeness (QED) is 0.764. The van der Waals surface area contributed by atoms with Crippen LogP contribution in [0, 0.1) is 13.8 Å². The first-order valence-corrected chi connectivity index (χ1v) is 8.69. The van der Waals surface area contributed by atoms with Crippen LogP contribution < -0.4 is 10.6 Å². The molecule has 0 bridgehead atoms. The molecule has 0 fully saturated rings. The smallest absolute Gasteiger partial charge is 0.170 e. The molecule has 5 heteroatoms. The van der Waals surface area contributed by atoms with Crippen LogP contribution in [0.4, 0.5) is 5.69 Å². The fraction of sp³-hybridized carbons (Fsp3) is 0.316. The summed E-state index contributed by atoms with van der Waals surface area (Å²) in [5.74, 6) is 0. The number of rotatable bonds is 5. The molecule has 0 aliphatic rings. The van der Waals surface area contributed by atoms with Crippen molar-refractivity contribution in [1.29, 1.82) is 0 Å². The van der Waals surface area contributed by atoms with E-state index in [9.17, 15) is 0 Å². The fourth-order valence-corrected chi connectivity index (χ4v) is 3.19. The van der Waals surface area contributed by atoms with E-state index in [-0.39, 0.29) is 6.04 Å². The highest BCUT2D eigenvalue weighted by Gasteiger charge is 2.17. The maximum atomic E-state index is 6.34. The molecule has 2 N–H and O–H groups in total. The summed E-state index contributed by atoms with van der Waals surface area (Å²) in [6.45, 7) is 4.83. The molecule has 0 radical (unpaired) electrons.